The lowest BCUT2D eigenvalue weighted by Gasteiger charge is -2.23. The molecule has 1 atom stereocenters. The Labute approximate surface area is 182 Å². The van der Waals surface area contributed by atoms with E-state index in [-0.39, 0.29) is 18.7 Å². The number of benzene rings is 2. The first-order valence-corrected chi connectivity index (χ1v) is 10.7. The zero-order valence-corrected chi connectivity index (χ0v) is 17.3. The molecule has 170 valence electrons. The van der Waals surface area contributed by atoms with Crippen LogP contribution in [0.3, 0.4) is 0 Å². The Morgan fingerprint density at radius 3 is 2.41 bits per heavy atom. The monoisotopic (exact) mass is 449 g/mol. The number of anilines is 1. The number of halogens is 4. The molecule has 2 aromatic carbocycles. The van der Waals surface area contributed by atoms with E-state index in [1.165, 1.54) is 0 Å². The van der Waals surface area contributed by atoms with E-state index in [0.29, 0.717) is 29.7 Å². The third-order valence-corrected chi connectivity index (χ3v) is 5.96. The van der Waals surface area contributed by atoms with Gasteiger partial charge in [0.2, 0.25) is 0 Å². The van der Waals surface area contributed by atoms with Crippen LogP contribution in [-0.4, -0.2) is 41.3 Å². The van der Waals surface area contributed by atoms with E-state index in [1.54, 1.807) is 22.9 Å². The molecule has 1 aromatic heterocycles. The van der Waals surface area contributed by atoms with Crippen LogP contribution in [0.25, 0.3) is 10.9 Å². The highest BCUT2D eigenvalue weighted by Gasteiger charge is 2.63. The van der Waals surface area contributed by atoms with Crippen molar-refractivity contribution in [1.29, 1.82) is 0 Å². The van der Waals surface area contributed by atoms with Crippen LogP contribution in [0, 0.1) is 0 Å². The molecular formula is C23H23F4N3O2. The number of hydrogen-bond donors (Lipinski definition) is 0. The van der Waals surface area contributed by atoms with E-state index in [4.69, 9.17) is 9.47 Å². The zero-order valence-electron chi connectivity index (χ0n) is 17.3. The fraction of sp³-hybridized carbons (Fsp3) is 0.435. The second-order valence-electron chi connectivity index (χ2n) is 8.28. The van der Waals surface area contributed by atoms with Crippen LogP contribution in [0.5, 0.6) is 5.75 Å². The normalized spacial score (nSPS) is 22.4. The van der Waals surface area contributed by atoms with Crippen molar-refractivity contribution in [3.05, 3.63) is 54.1 Å². The molecule has 5 nitrogen and oxygen atoms in total. The average Bonchev–Trinajstić information content (AvgIpc) is 3.28. The SMILES string of the molecule is FC1(F)CN(c2nn(C3CCCCO3)c3cccc(OCc4ccccc4)c23)CC1(F)F. The Hall–Kier alpha value is -2.81. The first kappa shape index (κ1) is 21.1. The number of hydrogen-bond acceptors (Lipinski definition) is 4. The van der Waals surface area contributed by atoms with Crippen molar-refractivity contribution in [2.24, 2.45) is 0 Å². The summed E-state index contributed by atoms with van der Waals surface area (Å²) in [5, 5.41) is 4.95. The van der Waals surface area contributed by atoms with E-state index in [9.17, 15) is 17.6 Å². The molecule has 2 aliphatic heterocycles. The van der Waals surface area contributed by atoms with Crippen LogP contribution >= 0.6 is 0 Å². The third kappa shape index (κ3) is 3.68. The predicted octanol–water partition coefficient (Wildman–Crippen LogP) is 5.41. The van der Waals surface area contributed by atoms with Crippen molar-refractivity contribution in [3.8, 4) is 5.75 Å². The fourth-order valence-electron chi connectivity index (χ4n) is 4.27. The Morgan fingerprint density at radius 1 is 0.969 bits per heavy atom. The number of nitrogens with zero attached hydrogens (tertiary/aromatic N) is 3. The molecule has 3 aromatic rings. The van der Waals surface area contributed by atoms with E-state index >= 15 is 0 Å². The van der Waals surface area contributed by atoms with E-state index < -0.39 is 24.9 Å². The van der Waals surface area contributed by atoms with Crippen LogP contribution in [0.1, 0.15) is 31.1 Å². The average molecular weight is 449 g/mol. The van der Waals surface area contributed by atoms with Gasteiger partial charge in [-0.15, -0.1) is 0 Å². The van der Waals surface area contributed by atoms with Crippen LogP contribution in [0.2, 0.25) is 0 Å². The summed E-state index contributed by atoms with van der Waals surface area (Å²) in [6.07, 6.45) is 2.19. The van der Waals surface area contributed by atoms with Crippen molar-refractivity contribution in [2.45, 2.75) is 43.9 Å². The van der Waals surface area contributed by atoms with Gasteiger partial charge in [0.25, 0.3) is 0 Å². The lowest BCUT2D eigenvalue weighted by Crippen LogP contribution is -2.38. The lowest BCUT2D eigenvalue weighted by atomic mass is 10.1. The molecule has 0 N–H and O–H groups in total. The molecule has 0 amide bonds. The minimum Gasteiger partial charge on any atom is -0.488 e. The van der Waals surface area contributed by atoms with Crippen LogP contribution in [0.15, 0.2) is 48.5 Å². The summed E-state index contributed by atoms with van der Waals surface area (Å²) in [6, 6.07) is 14.7. The Balaban J connectivity index is 1.58. The summed E-state index contributed by atoms with van der Waals surface area (Å²) < 4.78 is 69.5. The molecule has 32 heavy (non-hydrogen) atoms. The fourth-order valence-corrected chi connectivity index (χ4v) is 4.27. The van der Waals surface area contributed by atoms with Crippen molar-refractivity contribution < 1.29 is 27.0 Å². The maximum Gasteiger partial charge on any atom is 0.329 e. The van der Waals surface area contributed by atoms with Crippen LogP contribution in [0.4, 0.5) is 23.4 Å². The van der Waals surface area contributed by atoms with Gasteiger partial charge in [-0.05, 0) is 37.0 Å². The summed E-state index contributed by atoms with van der Waals surface area (Å²) in [4.78, 5) is 0.955. The van der Waals surface area contributed by atoms with Gasteiger partial charge < -0.3 is 14.4 Å². The summed E-state index contributed by atoms with van der Waals surface area (Å²) in [7, 11) is 0. The molecule has 3 heterocycles. The van der Waals surface area contributed by atoms with Gasteiger partial charge in [-0.1, -0.05) is 36.4 Å². The van der Waals surface area contributed by atoms with Gasteiger partial charge in [0.05, 0.1) is 24.0 Å². The maximum atomic E-state index is 14.0. The van der Waals surface area contributed by atoms with E-state index in [1.807, 2.05) is 30.3 Å². The number of fused-ring (bicyclic) bond motifs is 1. The number of ether oxygens (including phenoxy) is 2. The molecule has 0 radical (unpaired) electrons. The molecule has 0 spiro atoms. The van der Waals surface area contributed by atoms with Crippen LogP contribution < -0.4 is 9.64 Å². The second kappa shape index (κ2) is 7.95. The summed E-state index contributed by atoms with van der Waals surface area (Å²) in [5.74, 6) is -7.80. The highest BCUT2D eigenvalue weighted by Crippen LogP contribution is 2.46. The highest BCUT2D eigenvalue weighted by molar-refractivity contribution is 5.96. The number of alkyl halides is 4. The van der Waals surface area contributed by atoms with E-state index in [2.05, 4.69) is 5.10 Å². The van der Waals surface area contributed by atoms with E-state index in [0.717, 1.165) is 23.3 Å². The van der Waals surface area contributed by atoms with Gasteiger partial charge in [0.15, 0.2) is 12.0 Å². The van der Waals surface area contributed by atoms with Gasteiger partial charge in [-0.3, -0.25) is 0 Å². The molecule has 0 saturated carbocycles. The maximum absolute atomic E-state index is 14.0. The molecule has 5 rings (SSSR count). The topological polar surface area (TPSA) is 39.5 Å². The van der Waals surface area contributed by atoms with Crippen molar-refractivity contribution in [1.82, 2.24) is 9.78 Å². The first-order valence-electron chi connectivity index (χ1n) is 10.7. The third-order valence-electron chi connectivity index (χ3n) is 5.96. The van der Waals surface area contributed by atoms with Crippen molar-refractivity contribution >= 4 is 16.7 Å². The second-order valence-corrected chi connectivity index (χ2v) is 8.28. The molecular weight excluding hydrogens is 426 g/mol. The van der Waals surface area contributed by atoms with Gasteiger partial charge in [0, 0.05) is 6.61 Å². The molecule has 0 bridgehead atoms. The Morgan fingerprint density at radius 2 is 1.72 bits per heavy atom. The summed E-state index contributed by atoms with van der Waals surface area (Å²) >= 11 is 0. The quantitative estimate of drug-likeness (QED) is 0.489. The smallest absolute Gasteiger partial charge is 0.329 e. The minimum atomic E-state index is -4.13. The molecule has 2 fully saturated rings. The number of rotatable bonds is 5. The Kier molecular flexibility index (Phi) is 5.23. The molecule has 2 aliphatic rings. The summed E-state index contributed by atoms with van der Waals surface area (Å²) in [6.45, 7) is -1.41. The van der Waals surface area contributed by atoms with Crippen molar-refractivity contribution in [3.63, 3.8) is 0 Å². The Bertz CT molecular complexity index is 1080. The zero-order chi connectivity index (χ0) is 22.3. The highest BCUT2D eigenvalue weighted by atomic mass is 19.3. The van der Waals surface area contributed by atoms with Gasteiger partial charge in [-0.2, -0.15) is 22.7 Å². The standard InChI is InChI=1S/C23H23F4N3O2/c24-22(25)14-29(15-23(22,26)27)21-20-17(30(28-21)19-11-4-5-12-31-19)9-6-10-18(20)32-13-16-7-2-1-3-8-16/h1-3,6-10,19H,4-5,11-15H2. The van der Waals surface area contributed by atoms with Gasteiger partial charge >= 0.3 is 11.8 Å². The number of aromatic nitrogens is 2. The van der Waals surface area contributed by atoms with Crippen molar-refractivity contribution in [2.75, 3.05) is 24.6 Å². The lowest BCUT2D eigenvalue weighted by molar-refractivity contribution is -0.172. The van der Waals surface area contributed by atoms with Gasteiger partial charge in [-0.25, -0.2) is 4.68 Å². The summed E-state index contributed by atoms with van der Waals surface area (Å²) in [5.41, 5.74) is 1.53. The molecule has 9 heteroatoms. The van der Waals surface area contributed by atoms with Gasteiger partial charge in [0.1, 0.15) is 12.4 Å². The van der Waals surface area contributed by atoms with Crippen LogP contribution in [-0.2, 0) is 11.3 Å². The predicted molar refractivity (Wildman–Crippen MR) is 111 cm³/mol. The largest absolute Gasteiger partial charge is 0.488 e. The first-order chi connectivity index (χ1) is 15.4. The molecule has 1 unspecified atom stereocenters. The molecule has 2 saturated heterocycles. The minimum absolute atomic E-state index is 0.0645. The molecule has 0 aliphatic carbocycles.